The predicted molar refractivity (Wildman–Crippen MR) is 78.3 cm³/mol. The highest BCUT2D eigenvalue weighted by Gasteiger charge is 2.20. The van der Waals surface area contributed by atoms with Crippen LogP contribution in [0.3, 0.4) is 0 Å². The van der Waals surface area contributed by atoms with Crippen LogP contribution in [0.2, 0.25) is 0 Å². The lowest BCUT2D eigenvalue weighted by molar-refractivity contribution is 0.0701. The first-order chi connectivity index (χ1) is 10.4. The monoisotopic (exact) mass is 322 g/mol. The molecule has 0 radical (unpaired) electrons. The van der Waals surface area contributed by atoms with Gasteiger partial charge in [-0.05, 0) is 19.9 Å². The van der Waals surface area contributed by atoms with Crippen molar-refractivity contribution in [2.45, 2.75) is 19.9 Å². The van der Waals surface area contributed by atoms with E-state index in [-0.39, 0.29) is 10.6 Å². The number of methoxy groups -OCH3 is 1. The fraction of sp³-hybridized carbons (Fsp3) is 0.308. The number of nitrogens with one attached hydrogen (secondary N) is 1. The smallest absolute Gasteiger partial charge is 0.347 e. The van der Waals surface area contributed by atoms with Crippen molar-refractivity contribution in [2.75, 3.05) is 7.11 Å². The van der Waals surface area contributed by atoms with Gasteiger partial charge >= 0.3 is 5.97 Å². The van der Waals surface area contributed by atoms with Crippen molar-refractivity contribution in [3.8, 4) is 5.88 Å². The number of aryl methyl sites for hydroxylation is 1. The van der Waals surface area contributed by atoms with Crippen LogP contribution in [0.1, 0.15) is 43.8 Å². The second kappa shape index (κ2) is 6.48. The Morgan fingerprint density at radius 3 is 2.59 bits per heavy atom. The Kier molecular flexibility index (Phi) is 4.66. The molecule has 2 aromatic rings. The van der Waals surface area contributed by atoms with Crippen LogP contribution in [0.25, 0.3) is 0 Å². The third-order valence-electron chi connectivity index (χ3n) is 2.81. The summed E-state index contributed by atoms with van der Waals surface area (Å²) in [7, 11) is 1.46. The number of thiazole rings is 1. The number of nitrogens with zero attached hydrogens (tertiary/aromatic N) is 3. The third kappa shape index (κ3) is 3.37. The largest absolute Gasteiger partial charge is 0.480 e. The van der Waals surface area contributed by atoms with Crippen LogP contribution in [0.5, 0.6) is 5.88 Å². The Morgan fingerprint density at radius 2 is 2.09 bits per heavy atom. The van der Waals surface area contributed by atoms with E-state index in [1.165, 1.54) is 19.2 Å². The second-order valence-electron chi connectivity index (χ2n) is 4.43. The van der Waals surface area contributed by atoms with Gasteiger partial charge in [-0.25, -0.2) is 9.78 Å². The minimum absolute atomic E-state index is 0.138. The van der Waals surface area contributed by atoms with Crippen LogP contribution < -0.4 is 10.1 Å². The maximum Gasteiger partial charge on any atom is 0.347 e. The summed E-state index contributed by atoms with van der Waals surface area (Å²) in [5, 5.41) is 19.7. The molecular weight excluding hydrogens is 308 g/mol. The summed E-state index contributed by atoms with van der Waals surface area (Å²) < 4.78 is 4.87. The highest BCUT2D eigenvalue weighted by Crippen LogP contribution is 2.23. The van der Waals surface area contributed by atoms with Gasteiger partial charge in [-0.3, -0.25) is 4.79 Å². The topological polar surface area (TPSA) is 114 Å². The van der Waals surface area contributed by atoms with Crippen molar-refractivity contribution in [1.29, 1.82) is 0 Å². The number of rotatable bonds is 5. The number of carbonyl (C=O) groups excluding carboxylic acids is 1. The van der Waals surface area contributed by atoms with Crippen molar-refractivity contribution in [2.24, 2.45) is 0 Å². The van der Waals surface area contributed by atoms with E-state index in [0.717, 1.165) is 11.3 Å². The van der Waals surface area contributed by atoms with Crippen LogP contribution in [-0.4, -0.2) is 39.3 Å². The first-order valence-electron chi connectivity index (χ1n) is 6.31. The number of aromatic nitrogens is 3. The molecule has 2 N–H and O–H groups in total. The standard InChI is InChI=1S/C13H14N4O4S/c1-6-10(13(19)20)22-12(15-6)7(2)14-11(18)8-4-5-9(21-3)17-16-8/h4-5,7H,1-3H3,(H,14,18)(H,19,20). The van der Waals surface area contributed by atoms with Crippen molar-refractivity contribution in [3.05, 3.63) is 33.4 Å². The van der Waals surface area contributed by atoms with E-state index in [4.69, 9.17) is 9.84 Å². The van der Waals surface area contributed by atoms with Crippen LogP contribution in [-0.2, 0) is 0 Å². The van der Waals surface area contributed by atoms with Gasteiger partial charge in [-0.1, -0.05) is 0 Å². The number of carboxylic acid groups (broad SMARTS) is 1. The molecule has 0 aliphatic heterocycles. The van der Waals surface area contributed by atoms with Crippen LogP contribution in [0.15, 0.2) is 12.1 Å². The molecule has 2 aromatic heterocycles. The van der Waals surface area contributed by atoms with Crippen molar-refractivity contribution >= 4 is 23.2 Å². The number of aromatic carboxylic acids is 1. The second-order valence-corrected chi connectivity index (χ2v) is 5.46. The Labute approximate surface area is 130 Å². The molecule has 1 amide bonds. The van der Waals surface area contributed by atoms with Crippen molar-refractivity contribution < 1.29 is 19.4 Å². The summed E-state index contributed by atoms with van der Waals surface area (Å²) in [5.41, 5.74) is 0.567. The van der Waals surface area contributed by atoms with Gasteiger partial charge in [0.25, 0.3) is 5.91 Å². The summed E-state index contributed by atoms with van der Waals surface area (Å²) in [5.74, 6) is -1.14. The van der Waals surface area contributed by atoms with E-state index in [1.807, 2.05) is 0 Å². The minimum atomic E-state index is -1.03. The van der Waals surface area contributed by atoms with Gasteiger partial charge in [0.2, 0.25) is 5.88 Å². The zero-order chi connectivity index (χ0) is 16.3. The number of carboxylic acids is 1. The lowest BCUT2D eigenvalue weighted by Crippen LogP contribution is -2.27. The first kappa shape index (κ1) is 15.8. The van der Waals surface area contributed by atoms with Crippen LogP contribution >= 0.6 is 11.3 Å². The van der Waals surface area contributed by atoms with E-state index in [9.17, 15) is 9.59 Å². The molecule has 2 rings (SSSR count). The molecule has 9 heteroatoms. The highest BCUT2D eigenvalue weighted by molar-refractivity contribution is 7.13. The summed E-state index contributed by atoms with van der Waals surface area (Å²) in [6.07, 6.45) is 0. The Balaban J connectivity index is 2.10. The Hall–Kier alpha value is -2.55. The quantitative estimate of drug-likeness (QED) is 0.856. The Bertz CT molecular complexity index is 699. The van der Waals surface area contributed by atoms with E-state index >= 15 is 0 Å². The molecular formula is C13H14N4O4S. The molecule has 116 valence electrons. The van der Waals surface area contributed by atoms with Crippen molar-refractivity contribution in [3.63, 3.8) is 0 Å². The lowest BCUT2D eigenvalue weighted by Gasteiger charge is -2.10. The molecule has 0 bridgehead atoms. The number of amides is 1. The van der Waals surface area contributed by atoms with Gasteiger partial charge < -0.3 is 15.2 Å². The van der Waals surface area contributed by atoms with E-state index < -0.39 is 17.9 Å². The number of hydrogen-bond donors (Lipinski definition) is 2. The predicted octanol–water partition coefficient (Wildman–Crippen LogP) is 1.44. The molecule has 0 aromatic carbocycles. The summed E-state index contributed by atoms with van der Waals surface area (Å²) in [4.78, 5) is 27.4. The normalized spacial score (nSPS) is 11.8. The fourth-order valence-electron chi connectivity index (χ4n) is 1.68. The molecule has 1 atom stereocenters. The molecule has 2 heterocycles. The third-order valence-corrected chi connectivity index (χ3v) is 4.14. The average Bonchev–Trinajstić information content (AvgIpc) is 2.89. The van der Waals surface area contributed by atoms with Gasteiger partial charge in [0.05, 0.1) is 18.8 Å². The van der Waals surface area contributed by atoms with Gasteiger partial charge in [0.15, 0.2) is 5.69 Å². The highest BCUT2D eigenvalue weighted by atomic mass is 32.1. The summed E-state index contributed by atoms with van der Waals surface area (Å²) >= 11 is 1.04. The SMILES string of the molecule is COc1ccc(C(=O)NC(C)c2nc(C)c(C(=O)O)s2)nn1. The molecule has 0 spiro atoms. The summed E-state index contributed by atoms with van der Waals surface area (Å²) in [6, 6.07) is 2.58. The minimum Gasteiger partial charge on any atom is -0.480 e. The van der Waals surface area contributed by atoms with Gasteiger partial charge in [-0.15, -0.1) is 21.5 Å². The molecule has 0 saturated heterocycles. The fourth-order valence-corrected chi connectivity index (χ4v) is 2.59. The van der Waals surface area contributed by atoms with E-state index in [1.54, 1.807) is 13.8 Å². The molecule has 0 aliphatic carbocycles. The van der Waals surface area contributed by atoms with Gasteiger partial charge in [0.1, 0.15) is 9.88 Å². The molecule has 8 nitrogen and oxygen atoms in total. The van der Waals surface area contributed by atoms with Gasteiger partial charge in [-0.2, -0.15) is 0 Å². The van der Waals surface area contributed by atoms with Gasteiger partial charge in [0, 0.05) is 6.07 Å². The molecule has 0 fully saturated rings. The van der Waals surface area contributed by atoms with Crippen LogP contribution in [0, 0.1) is 6.92 Å². The van der Waals surface area contributed by atoms with E-state index in [0.29, 0.717) is 16.6 Å². The molecule has 0 aliphatic rings. The lowest BCUT2D eigenvalue weighted by atomic mass is 10.3. The maximum absolute atomic E-state index is 12.1. The zero-order valence-electron chi connectivity index (χ0n) is 12.2. The Morgan fingerprint density at radius 1 is 1.36 bits per heavy atom. The molecule has 22 heavy (non-hydrogen) atoms. The van der Waals surface area contributed by atoms with Crippen LogP contribution in [0.4, 0.5) is 0 Å². The first-order valence-corrected chi connectivity index (χ1v) is 7.13. The maximum atomic E-state index is 12.1. The average molecular weight is 322 g/mol. The number of hydrogen-bond acceptors (Lipinski definition) is 7. The van der Waals surface area contributed by atoms with Crippen molar-refractivity contribution in [1.82, 2.24) is 20.5 Å². The molecule has 0 saturated carbocycles. The summed E-state index contributed by atoms with van der Waals surface area (Å²) in [6.45, 7) is 3.34. The number of carbonyl (C=O) groups is 2. The number of ether oxygens (including phenoxy) is 1. The zero-order valence-corrected chi connectivity index (χ0v) is 13.0. The van der Waals surface area contributed by atoms with E-state index in [2.05, 4.69) is 20.5 Å². The molecule has 1 unspecified atom stereocenters.